The molecule has 0 aromatic carbocycles. The standard InChI is InChI=1S/C20H32N6O2S/c1-24-9-5-17(6-10-24)25-11-3-15(4-12-25)22-18(27)13-16-14-29-20(23-16)26-8-2-7-21-19(26)28/h14-15,17H,2-13H2,1H3,(H,21,28)(H,22,27). The molecule has 3 fully saturated rings. The van der Waals surface area contributed by atoms with Crippen molar-refractivity contribution in [1.29, 1.82) is 0 Å². The van der Waals surface area contributed by atoms with E-state index in [0.29, 0.717) is 24.3 Å². The second-order valence-electron chi connectivity index (χ2n) is 8.45. The van der Waals surface area contributed by atoms with Gasteiger partial charge >= 0.3 is 6.03 Å². The highest BCUT2D eigenvalue weighted by Gasteiger charge is 2.28. The normalized spacial score (nSPS) is 23.2. The molecule has 2 N–H and O–H groups in total. The third-order valence-electron chi connectivity index (χ3n) is 6.29. The van der Waals surface area contributed by atoms with Gasteiger partial charge in [-0.3, -0.25) is 9.69 Å². The number of rotatable bonds is 5. The minimum absolute atomic E-state index is 0.0303. The molecule has 0 aliphatic carbocycles. The molecular formula is C20H32N6O2S. The Hall–Kier alpha value is -1.71. The molecule has 3 aliphatic rings. The summed E-state index contributed by atoms with van der Waals surface area (Å²) in [6.07, 6.45) is 5.75. The van der Waals surface area contributed by atoms with Gasteiger partial charge in [0, 0.05) is 43.6 Å². The van der Waals surface area contributed by atoms with Crippen LogP contribution in [0.5, 0.6) is 0 Å². The molecule has 160 valence electrons. The lowest BCUT2D eigenvalue weighted by atomic mass is 9.98. The highest BCUT2D eigenvalue weighted by Crippen LogP contribution is 2.23. The third-order valence-corrected chi connectivity index (χ3v) is 7.20. The number of likely N-dealkylation sites (tertiary alicyclic amines) is 2. The largest absolute Gasteiger partial charge is 0.353 e. The van der Waals surface area contributed by atoms with Crippen LogP contribution in [0.2, 0.25) is 0 Å². The minimum Gasteiger partial charge on any atom is -0.353 e. The zero-order valence-electron chi connectivity index (χ0n) is 17.2. The van der Waals surface area contributed by atoms with Crippen LogP contribution in [0.1, 0.15) is 37.8 Å². The van der Waals surface area contributed by atoms with Crippen LogP contribution in [0.25, 0.3) is 0 Å². The van der Waals surface area contributed by atoms with Gasteiger partial charge in [0.1, 0.15) is 0 Å². The van der Waals surface area contributed by atoms with Gasteiger partial charge in [-0.1, -0.05) is 0 Å². The van der Waals surface area contributed by atoms with Crippen LogP contribution in [0.4, 0.5) is 9.93 Å². The molecule has 1 aromatic rings. The Morgan fingerprint density at radius 2 is 1.97 bits per heavy atom. The van der Waals surface area contributed by atoms with Gasteiger partial charge in [-0.25, -0.2) is 9.78 Å². The van der Waals surface area contributed by atoms with E-state index in [0.717, 1.165) is 38.0 Å². The summed E-state index contributed by atoms with van der Waals surface area (Å²) in [5.41, 5.74) is 0.740. The van der Waals surface area contributed by atoms with Gasteiger partial charge in [0.25, 0.3) is 0 Å². The summed E-state index contributed by atoms with van der Waals surface area (Å²) < 4.78 is 0. The van der Waals surface area contributed by atoms with Crippen LogP contribution in [0.3, 0.4) is 0 Å². The molecule has 0 unspecified atom stereocenters. The smallest absolute Gasteiger partial charge is 0.323 e. The Labute approximate surface area is 176 Å². The summed E-state index contributed by atoms with van der Waals surface area (Å²) in [5, 5.41) is 8.59. The van der Waals surface area contributed by atoms with Gasteiger partial charge in [-0.15, -0.1) is 11.3 Å². The van der Waals surface area contributed by atoms with E-state index in [9.17, 15) is 9.59 Å². The molecule has 1 aromatic heterocycles. The number of anilines is 1. The summed E-state index contributed by atoms with van der Waals surface area (Å²) >= 11 is 1.43. The minimum atomic E-state index is -0.0991. The molecular weight excluding hydrogens is 388 g/mol. The zero-order valence-corrected chi connectivity index (χ0v) is 18.0. The summed E-state index contributed by atoms with van der Waals surface area (Å²) in [7, 11) is 2.20. The van der Waals surface area contributed by atoms with E-state index in [1.165, 1.54) is 37.3 Å². The van der Waals surface area contributed by atoms with E-state index in [1.807, 2.05) is 5.38 Å². The fourth-order valence-corrected chi connectivity index (χ4v) is 5.37. The van der Waals surface area contributed by atoms with Crippen molar-refractivity contribution in [1.82, 2.24) is 25.4 Å². The summed E-state index contributed by atoms with van der Waals surface area (Å²) in [6.45, 7) is 5.92. The lowest BCUT2D eigenvalue weighted by molar-refractivity contribution is -0.121. The number of carbonyl (C=O) groups excluding carboxylic acids is 2. The van der Waals surface area contributed by atoms with Crippen molar-refractivity contribution >= 4 is 28.4 Å². The molecule has 8 nitrogen and oxygen atoms in total. The fourth-order valence-electron chi connectivity index (χ4n) is 4.53. The number of thiazole rings is 1. The first kappa shape index (κ1) is 20.6. The Balaban J connectivity index is 1.21. The number of carbonyl (C=O) groups is 2. The quantitative estimate of drug-likeness (QED) is 0.750. The van der Waals surface area contributed by atoms with Crippen LogP contribution < -0.4 is 15.5 Å². The first-order valence-electron chi connectivity index (χ1n) is 10.8. The maximum Gasteiger partial charge on any atom is 0.323 e. The number of hydrogen-bond donors (Lipinski definition) is 2. The highest BCUT2D eigenvalue weighted by molar-refractivity contribution is 7.14. The van der Waals surface area contributed by atoms with Crippen molar-refractivity contribution in [3.63, 3.8) is 0 Å². The van der Waals surface area contributed by atoms with E-state index in [-0.39, 0.29) is 24.4 Å². The van der Waals surface area contributed by atoms with Gasteiger partial charge in [0.2, 0.25) is 5.91 Å². The van der Waals surface area contributed by atoms with Crippen molar-refractivity contribution in [3.8, 4) is 0 Å². The van der Waals surface area contributed by atoms with Crippen LogP contribution in [0, 0.1) is 0 Å². The van der Waals surface area contributed by atoms with Gasteiger partial charge in [0.05, 0.1) is 12.1 Å². The molecule has 0 radical (unpaired) electrons. The lowest BCUT2D eigenvalue weighted by Crippen LogP contribution is -2.50. The number of nitrogens with zero attached hydrogens (tertiary/aromatic N) is 4. The van der Waals surface area contributed by atoms with Crippen molar-refractivity contribution < 1.29 is 9.59 Å². The number of nitrogens with one attached hydrogen (secondary N) is 2. The molecule has 0 atom stereocenters. The van der Waals surface area contributed by atoms with Gasteiger partial charge in [0.15, 0.2) is 5.13 Å². The van der Waals surface area contributed by atoms with Crippen molar-refractivity contribution in [2.24, 2.45) is 0 Å². The number of urea groups is 1. The SMILES string of the molecule is CN1CCC(N2CCC(NC(=O)Cc3csc(N4CCCNC4=O)n3)CC2)CC1. The predicted octanol–water partition coefficient (Wildman–Crippen LogP) is 1.28. The fraction of sp³-hybridized carbons (Fsp3) is 0.750. The van der Waals surface area contributed by atoms with Crippen LogP contribution >= 0.6 is 11.3 Å². The molecule has 9 heteroatoms. The Bertz CT molecular complexity index is 710. The Morgan fingerprint density at radius 3 is 2.69 bits per heavy atom. The molecule has 0 saturated carbocycles. The van der Waals surface area contributed by atoms with Gasteiger partial charge in [-0.05, 0) is 52.2 Å². The van der Waals surface area contributed by atoms with E-state index in [2.05, 4.69) is 32.5 Å². The molecule has 3 aliphatic heterocycles. The molecule has 3 amide bonds. The van der Waals surface area contributed by atoms with E-state index in [1.54, 1.807) is 4.90 Å². The number of amides is 3. The maximum absolute atomic E-state index is 12.5. The molecule has 4 heterocycles. The molecule has 0 spiro atoms. The van der Waals surface area contributed by atoms with Gasteiger partial charge < -0.3 is 20.4 Å². The van der Waals surface area contributed by atoms with Gasteiger partial charge in [-0.2, -0.15) is 0 Å². The van der Waals surface area contributed by atoms with Crippen molar-refractivity contribution in [2.45, 2.75) is 50.6 Å². The van der Waals surface area contributed by atoms with E-state index in [4.69, 9.17) is 0 Å². The second kappa shape index (κ2) is 9.40. The van der Waals surface area contributed by atoms with Crippen molar-refractivity contribution in [2.75, 3.05) is 51.2 Å². The average molecular weight is 421 g/mol. The molecule has 3 saturated heterocycles. The monoisotopic (exact) mass is 420 g/mol. The first-order valence-corrected chi connectivity index (χ1v) is 11.7. The summed E-state index contributed by atoms with van der Waals surface area (Å²) in [6, 6.07) is 0.872. The second-order valence-corrected chi connectivity index (χ2v) is 9.28. The van der Waals surface area contributed by atoms with Crippen LogP contribution in [-0.4, -0.2) is 85.1 Å². The topological polar surface area (TPSA) is 80.8 Å². The third kappa shape index (κ3) is 5.26. The van der Waals surface area contributed by atoms with E-state index < -0.39 is 0 Å². The van der Waals surface area contributed by atoms with Crippen molar-refractivity contribution in [3.05, 3.63) is 11.1 Å². The highest BCUT2D eigenvalue weighted by atomic mass is 32.1. The first-order chi connectivity index (χ1) is 14.1. The molecule has 4 rings (SSSR count). The molecule has 29 heavy (non-hydrogen) atoms. The summed E-state index contributed by atoms with van der Waals surface area (Å²) in [5.74, 6) is 0.0303. The predicted molar refractivity (Wildman–Crippen MR) is 114 cm³/mol. The lowest BCUT2D eigenvalue weighted by Gasteiger charge is -2.41. The van der Waals surface area contributed by atoms with Crippen LogP contribution in [0.15, 0.2) is 5.38 Å². The van der Waals surface area contributed by atoms with Crippen LogP contribution in [-0.2, 0) is 11.2 Å². The Kier molecular flexibility index (Phi) is 6.67. The maximum atomic E-state index is 12.5. The Morgan fingerprint density at radius 1 is 1.21 bits per heavy atom. The number of hydrogen-bond acceptors (Lipinski definition) is 6. The van der Waals surface area contributed by atoms with E-state index >= 15 is 0 Å². The number of aromatic nitrogens is 1. The average Bonchev–Trinajstić information content (AvgIpc) is 3.17. The zero-order chi connectivity index (χ0) is 20.2. The summed E-state index contributed by atoms with van der Waals surface area (Å²) in [4.78, 5) is 35.6. The number of piperidine rings is 2. The molecule has 0 bridgehead atoms.